The summed E-state index contributed by atoms with van der Waals surface area (Å²) in [5.41, 5.74) is -2.67. The molecule has 3 aromatic heterocycles. The molecule has 0 saturated carbocycles. The number of methoxy groups -OCH3 is 1. The fraction of sp³-hybridized carbons (Fsp3) is 0.393. The van der Waals surface area contributed by atoms with E-state index >= 15 is 0 Å². The lowest BCUT2D eigenvalue weighted by atomic mass is 10.0. The van der Waals surface area contributed by atoms with Crippen LogP contribution in [0, 0.1) is 0 Å². The number of hydrogen-bond acceptors (Lipinski definition) is 10. The molecule has 0 amide bonds. The predicted octanol–water partition coefficient (Wildman–Crippen LogP) is 4.66. The van der Waals surface area contributed by atoms with Gasteiger partial charge in [-0.3, -0.25) is 4.79 Å². The van der Waals surface area contributed by atoms with Crippen molar-refractivity contribution in [2.24, 2.45) is 0 Å². The highest BCUT2D eigenvalue weighted by Gasteiger charge is 2.38. The van der Waals surface area contributed by atoms with E-state index in [0.29, 0.717) is 36.1 Å². The first-order valence-electron chi connectivity index (χ1n) is 13.5. The van der Waals surface area contributed by atoms with Crippen LogP contribution in [0.15, 0.2) is 58.0 Å². The Bertz CT molecular complexity index is 1600. The predicted molar refractivity (Wildman–Crippen MR) is 147 cm³/mol. The van der Waals surface area contributed by atoms with Crippen LogP contribution in [0.1, 0.15) is 47.7 Å². The number of benzene rings is 1. The van der Waals surface area contributed by atoms with Gasteiger partial charge in [-0.15, -0.1) is 10.2 Å². The summed E-state index contributed by atoms with van der Waals surface area (Å²) in [6.45, 7) is 2.34. The Balaban J connectivity index is 1.13. The average Bonchev–Trinajstić information content (AvgIpc) is 3.42. The maximum absolute atomic E-state index is 13.9. The third kappa shape index (κ3) is 7.12. The van der Waals surface area contributed by atoms with Crippen LogP contribution in [0.4, 0.5) is 33.5 Å². The van der Waals surface area contributed by atoms with Gasteiger partial charge >= 0.3 is 6.18 Å². The molecular formula is C28H28F5N7O4. The maximum Gasteiger partial charge on any atom is 0.423 e. The Morgan fingerprint density at radius 1 is 1.09 bits per heavy atom. The molecule has 11 nitrogen and oxygen atoms in total. The van der Waals surface area contributed by atoms with Gasteiger partial charge in [0.2, 0.25) is 11.8 Å². The van der Waals surface area contributed by atoms with Gasteiger partial charge in [-0.2, -0.15) is 18.3 Å². The van der Waals surface area contributed by atoms with E-state index < -0.39 is 35.5 Å². The molecule has 1 atom stereocenters. The number of halogens is 5. The number of nitrogens with zero attached hydrogens (tertiary/aromatic N) is 6. The van der Waals surface area contributed by atoms with Gasteiger partial charge < -0.3 is 24.1 Å². The minimum Gasteiger partial charge on any atom is -0.497 e. The van der Waals surface area contributed by atoms with Crippen molar-refractivity contribution in [2.45, 2.75) is 44.6 Å². The number of anilines is 2. The number of aromatic nitrogens is 5. The van der Waals surface area contributed by atoms with Crippen molar-refractivity contribution in [1.29, 1.82) is 0 Å². The van der Waals surface area contributed by atoms with Gasteiger partial charge in [0.15, 0.2) is 0 Å². The fourth-order valence-electron chi connectivity index (χ4n) is 4.54. The van der Waals surface area contributed by atoms with Crippen LogP contribution in [0.2, 0.25) is 0 Å². The molecular weight excluding hydrogens is 593 g/mol. The normalized spacial score (nSPS) is 14.5. The first-order chi connectivity index (χ1) is 21.0. The third-order valence-electron chi connectivity index (χ3n) is 6.87. The highest BCUT2D eigenvalue weighted by molar-refractivity contribution is 5.50. The van der Waals surface area contributed by atoms with Gasteiger partial charge in [0.25, 0.3) is 12.0 Å². The minimum absolute atomic E-state index is 0.0402. The SMILES string of the molecule is COc1ccc(Cn2ncc(NC(C)COCc3nnc(C4CN(c5ccc(C(F)F)cn5)C4)o3)c(C(F)(F)F)c2=O)cc1. The Morgan fingerprint density at radius 3 is 2.48 bits per heavy atom. The Hall–Kier alpha value is -4.60. The summed E-state index contributed by atoms with van der Waals surface area (Å²) < 4.78 is 84.3. The zero-order valence-corrected chi connectivity index (χ0v) is 23.6. The van der Waals surface area contributed by atoms with Crippen molar-refractivity contribution >= 4 is 11.5 Å². The van der Waals surface area contributed by atoms with Crippen LogP contribution in [0.5, 0.6) is 5.75 Å². The highest BCUT2D eigenvalue weighted by atomic mass is 19.4. The number of alkyl halides is 5. The second-order valence-corrected chi connectivity index (χ2v) is 10.2. The lowest BCUT2D eigenvalue weighted by Gasteiger charge is -2.38. The molecule has 44 heavy (non-hydrogen) atoms. The number of nitrogens with one attached hydrogen (secondary N) is 1. The zero-order valence-electron chi connectivity index (χ0n) is 23.6. The van der Waals surface area contributed by atoms with E-state index in [4.69, 9.17) is 13.9 Å². The largest absolute Gasteiger partial charge is 0.497 e. The summed E-state index contributed by atoms with van der Waals surface area (Å²) >= 11 is 0. The number of ether oxygens (including phenoxy) is 2. The van der Waals surface area contributed by atoms with E-state index in [9.17, 15) is 26.7 Å². The van der Waals surface area contributed by atoms with Gasteiger partial charge in [0, 0.05) is 30.9 Å². The molecule has 1 aliphatic rings. The van der Waals surface area contributed by atoms with E-state index in [2.05, 4.69) is 25.6 Å². The zero-order chi connectivity index (χ0) is 31.4. The summed E-state index contributed by atoms with van der Waals surface area (Å²) in [7, 11) is 1.49. The number of pyridine rings is 1. The molecule has 4 aromatic rings. The molecule has 5 rings (SSSR count). The molecule has 234 valence electrons. The van der Waals surface area contributed by atoms with Gasteiger partial charge in [0.05, 0.1) is 38.1 Å². The topological polar surface area (TPSA) is 120 Å². The second kappa shape index (κ2) is 13.0. The van der Waals surface area contributed by atoms with Crippen LogP contribution >= 0.6 is 0 Å². The number of rotatable bonds is 12. The molecule has 0 aliphatic carbocycles. The lowest BCUT2D eigenvalue weighted by molar-refractivity contribution is -0.138. The fourth-order valence-corrected chi connectivity index (χ4v) is 4.54. The average molecular weight is 622 g/mol. The number of hydrogen-bond donors (Lipinski definition) is 1. The third-order valence-corrected chi connectivity index (χ3v) is 6.87. The van der Waals surface area contributed by atoms with Crippen molar-refractivity contribution in [1.82, 2.24) is 25.0 Å². The summed E-state index contributed by atoms with van der Waals surface area (Å²) in [6.07, 6.45) is -5.39. The summed E-state index contributed by atoms with van der Waals surface area (Å²) in [4.78, 5) is 18.7. The molecule has 1 aromatic carbocycles. The van der Waals surface area contributed by atoms with Crippen molar-refractivity contribution in [3.8, 4) is 5.75 Å². The van der Waals surface area contributed by atoms with E-state index in [-0.39, 0.29) is 37.1 Å². The molecule has 0 spiro atoms. The summed E-state index contributed by atoms with van der Waals surface area (Å²) in [6, 6.07) is 8.77. The van der Waals surface area contributed by atoms with E-state index in [0.717, 1.165) is 17.1 Å². The van der Waals surface area contributed by atoms with Gasteiger partial charge in [-0.25, -0.2) is 18.4 Å². The molecule has 0 radical (unpaired) electrons. The standard InChI is InChI=1S/C28H28F5N7O4/c1-16(36-21-10-35-40(27(41)24(21)28(31,32)33)11-17-3-6-20(42-2)7-4-17)14-43-15-23-37-38-26(44-23)19-12-39(13-19)22-8-5-18(9-34-22)25(29)30/h3-10,16,19,25,36H,11-15H2,1-2H3. The molecule has 1 saturated heterocycles. The minimum atomic E-state index is -4.92. The van der Waals surface area contributed by atoms with Crippen molar-refractivity contribution in [3.63, 3.8) is 0 Å². The molecule has 1 fully saturated rings. The van der Waals surface area contributed by atoms with E-state index in [1.54, 1.807) is 31.2 Å². The first kappa shape index (κ1) is 30.8. The lowest BCUT2D eigenvalue weighted by Crippen LogP contribution is -2.45. The Kier molecular flexibility index (Phi) is 9.08. The second-order valence-electron chi connectivity index (χ2n) is 10.2. The van der Waals surface area contributed by atoms with Crippen LogP contribution in [0.25, 0.3) is 0 Å². The molecule has 1 N–H and O–H groups in total. The van der Waals surface area contributed by atoms with Crippen molar-refractivity contribution in [2.75, 3.05) is 37.0 Å². The molecule has 0 bridgehead atoms. The summed E-state index contributed by atoms with van der Waals surface area (Å²) in [5.74, 6) is 1.62. The van der Waals surface area contributed by atoms with Crippen LogP contribution in [0.3, 0.4) is 0 Å². The van der Waals surface area contributed by atoms with Gasteiger partial charge in [-0.05, 0) is 36.8 Å². The molecule has 1 unspecified atom stereocenters. The van der Waals surface area contributed by atoms with Crippen LogP contribution < -0.4 is 20.5 Å². The van der Waals surface area contributed by atoms with E-state index in [1.165, 1.54) is 19.2 Å². The summed E-state index contributed by atoms with van der Waals surface area (Å²) in [5, 5.41) is 14.6. The first-order valence-corrected chi connectivity index (χ1v) is 13.5. The van der Waals surface area contributed by atoms with E-state index in [1.807, 2.05) is 4.90 Å². The Labute approximate surface area is 247 Å². The molecule has 16 heteroatoms. The highest BCUT2D eigenvalue weighted by Crippen LogP contribution is 2.33. The van der Waals surface area contributed by atoms with Crippen molar-refractivity contribution in [3.05, 3.63) is 87.6 Å². The van der Waals surface area contributed by atoms with Crippen LogP contribution in [-0.2, 0) is 24.1 Å². The molecule has 1 aliphatic heterocycles. The van der Waals surface area contributed by atoms with Gasteiger partial charge in [0.1, 0.15) is 23.7 Å². The van der Waals surface area contributed by atoms with Crippen molar-refractivity contribution < 1.29 is 35.8 Å². The molecule has 4 heterocycles. The Morgan fingerprint density at radius 2 is 1.84 bits per heavy atom. The van der Waals surface area contributed by atoms with Crippen LogP contribution in [-0.4, -0.2) is 57.8 Å². The van der Waals surface area contributed by atoms with Gasteiger partial charge in [-0.1, -0.05) is 12.1 Å². The monoisotopic (exact) mass is 621 g/mol. The smallest absolute Gasteiger partial charge is 0.423 e. The quantitative estimate of drug-likeness (QED) is 0.224. The maximum atomic E-state index is 13.9.